The number of nitrogens with one attached hydrogen (secondary N) is 3. The third-order valence-electron chi connectivity index (χ3n) is 7.30. The molecule has 5 rings (SSSR count). The van der Waals surface area contributed by atoms with E-state index in [1.165, 1.54) is 25.7 Å². The molecule has 0 aliphatic carbocycles. The Hall–Kier alpha value is -3.23. The van der Waals surface area contributed by atoms with Gasteiger partial charge in [-0.05, 0) is 88.3 Å². The van der Waals surface area contributed by atoms with Crippen LogP contribution in [0.4, 0.5) is 17.1 Å². The maximum Gasteiger partial charge on any atom is 0.225 e. The van der Waals surface area contributed by atoms with Gasteiger partial charge in [-0.3, -0.25) is 9.59 Å². The molecule has 0 radical (unpaired) electrons. The summed E-state index contributed by atoms with van der Waals surface area (Å²) in [6.45, 7) is 5.97. The summed E-state index contributed by atoms with van der Waals surface area (Å²) < 4.78 is 0. The smallest absolute Gasteiger partial charge is 0.225 e. The van der Waals surface area contributed by atoms with E-state index in [2.05, 4.69) is 25.8 Å². The van der Waals surface area contributed by atoms with Crippen LogP contribution in [0.15, 0.2) is 36.4 Å². The third kappa shape index (κ3) is 5.77. The number of aromatic nitrogens is 1. The lowest BCUT2D eigenvalue weighted by Gasteiger charge is -2.15. The largest absolute Gasteiger partial charge is 0.387 e. The van der Waals surface area contributed by atoms with Crippen LogP contribution in [0.1, 0.15) is 38.5 Å². The van der Waals surface area contributed by atoms with Crippen molar-refractivity contribution in [1.82, 2.24) is 14.8 Å². The Kier molecular flexibility index (Phi) is 7.63. The molecule has 0 saturated carbocycles. The van der Waals surface area contributed by atoms with Crippen molar-refractivity contribution in [3.05, 3.63) is 36.4 Å². The number of amides is 2. The van der Waals surface area contributed by atoms with E-state index >= 15 is 0 Å². The molecule has 0 bridgehead atoms. The van der Waals surface area contributed by atoms with Crippen molar-refractivity contribution in [1.29, 1.82) is 0 Å². The zero-order chi connectivity index (χ0) is 24.9. The first kappa shape index (κ1) is 24.5. The maximum absolute atomic E-state index is 12.5. The highest BCUT2D eigenvalue weighted by Crippen LogP contribution is 2.33. The number of hydrogen-bond acceptors (Lipinski definition) is 6. The highest BCUT2D eigenvalue weighted by Gasteiger charge is 2.15. The normalized spacial score (nSPS) is 16.6. The van der Waals surface area contributed by atoms with Crippen LogP contribution in [0.2, 0.25) is 0 Å². The Morgan fingerprint density at radius 3 is 1.61 bits per heavy atom. The predicted molar refractivity (Wildman–Crippen MR) is 147 cm³/mol. The quantitative estimate of drug-likeness (QED) is 0.390. The summed E-state index contributed by atoms with van der Waals surface area (Å²) in [5, 5.41) is 11.3. The monoisotopic (exact) mass is 488 g/mol. The van der Waals surface area contributed by atoms with Gasteiger partial charge >= 0.3 is 0 Å². The molecule has 190 valence electrons. The molecule has 36 heavy (non-hydrogen) atoms. The summed E-state index contributed by atoms with van der Waals surface area (Å²) in [6.07, 6.45) is 5.89. The standard InChI is InChI=1S/C28H36N6O2/c1-29-28-22-8-6-20(30-26(35)10-16-33-12-2-3-13-33)18-24(22)32-25-19-21(7-9-23(25)28)31-27(36)11-17-34-14-4-5-15-34/h6-9,18-19H,2-5,10-17H2,1H3,(H,29,32)(H,30,35)(H,31,36). The molecule has 2 amide bonds. The zero-order valence-electron chi connectivity index (χ0n) is 21.1. The molecule has 3 aromatic rings. The van der Waals surface area contributed by atoms with Crippen molar-refractivity contribution in [3.63, 3.8) is 0 Å². The molecule has 8 nitrogen and oxygen atoms in total. The Balaban J connectivity index is 1.31. The number of rotatable bonds is 9. The van der Waals surface area contributed by atoms with E-state index in [1.807, 2.05) is 43.4 Å². The molecule has 3 N–H and O–H groups in total. The van der Waals surface area contributed by atoms with Crippen LogP contribution in [0.25, 0.3) is 21.8 Å². The van der Waals surface area contributed by atoms with Gasteiger partial charge in [0.25, 0.3) is 0 Å². The van der Waals surface area contributed by atoms with E-state index in [0.717, 1.165) is 78.1 Å². The van der Waals surface area contributed by atoms with E-state index in [1.54, 1.807) is 0 Å². The second-order valence-corrected chi connectivity index (χ2v) is 9.89. The fraction of sp³-hybridized carbons (Fsp3) is 0.464. The van der Waals surface area contributed by atoms with Crippen molar-refractivity contribution in [3.8, 4) is 0 Å². The maximum atomic E-state index is 12.5. The lowest BCUT2D eigenvalue weighted by atomic mass is 10.1. The van der Waals surface area contributed by atoms with Crippen molar-refractivity contribution in [2.24, 2.45) is 0 Å². The summed E-state index contributed by atoms with van der Waals surface area (Å²) >= 11 is 0. The van der Waals surface area contributed by atoms with Crippen LogP contribution < -0.4 is 16.0 Å². The first-order valence-electron chi connectivity index (χ1n) is 13.2. The SMILES string of the molecule is CNc1c2ccc(NC(=O)CCN3CCCC3)cc2nc2cc(NC(=O)CCN3CCCC3)ccc12. The first-order chi connectivity index (χ1) is 17.6. The van der Waals surface area contributed by atoms with E-state index in [0.29, 0.717) is 12.8 Å². The zero-order valence-corrected chi connectivity index (χ0v) is 21.1. The summed E-state index contributed by atoms with van der Waals surface area (Å²) in [6, 6.07) is 11.7. The molecule has 1 aromatic heterocycles. The Labute approximate surface area is 212 Å². The molecular weight excluding hydrogens is 452 g/mol. The highest BCUT2D eigenvalue weighted by atomic mass is 16.2. The van der Waals surface area contributed by atoms with Gasteiger partial charge in [-0.1, -0.05) is 0 Å². The highest BCUT2D eigenvalue weighted by molar-refractivity contribution is 6.09. The van der Waals surface area contributed by atoms with Gasteiger partial charge in [0.1, 0.15) is 0 Å². The number of benzene rings is 2. The van der Waals surface area contributed by atoms with Crippen molar-refractivity contribution in [2.75, 3.05) is 62.3 Å². The van der Waals surface area contributed by atoms with Crippen molar-refractivity contribution < 1.29 is 9.59 Å². The number of pyridine rings is 1. The summed E-state index contributed by atoms with van der Waals surface area (Å²) in [4.78, 5) is 34.6. The average molecular weight is 489 g/mol. The third-order valence-corrected chi connectivity index (χ3v) is 7.30. The molecular formula is C28H36N6O2. The lowest BCUT2D eigenvalue weighted by Crippen LogP contribution is -2.25. The van der Waals surface area contributed by atoms with Crippen LogP contribution in [-0.2, 0) is 9.59 Å². The van der Waals surface area contributed by atoms with Gasteiger partial charge in [-0.25, -0.2) is 4.98 Å². The molecule has 0 atom stereocenters. The van der Waals surface area contributed by atoms with Gasteiger partial charge < -0.3 is 25.8 Å². The second kappa shape index (κ2) is 11.2. The molecule has 2 fully saturated rings. The summed E-state index contributed by atoms with van der Waals surface area (Å²) in [5.74, 6) is 0.0459. The topological polar surface area (TPSA) is 89.6 Å². The van der Waals surface area contributed by atoms with E-state index in [-0.39, 0.29) is 11.8 Å². The van der Waals surface area contributed by atoms with Crippen LogP contribution in [0, 0.1) is 0 Å². The van der Waals surface area contributed by atoms with Crippen LogP contribution >= 0.6 is 0 Å². The van der Waals surface area contributed by atoms with Gasteiger partial charge in [0.2, 0.25) is 11.8 Å². The number of anilines is 3. The van der Waals surface area contributed by atoms with Gasteiger partial charge in [0, 0.05) is 55.1 Å². The minimum atomic E-state index is 0.0230. The Morgan fingerprint density at radius 2 is 1.19 bits per heavy atom. The van der Waals surface area contributed by atoms with E-state index < -0.39 is 0 Å². The first-order valence-corrected chi connectivity index (χ1v) is 13.2. The van der Waals surface area contributed by atoms with Gasteiger partial charge in [-0.15, -0.1) is 0 Å². The summed E-state index contributed by atoms with van der Waals surface area (Å²) in [7, 11) is 1.90. The molecule has 2 aliphatic heterocycles. The Bertz CT molecular complexity index is 1160. The van der Waals surface area contributed by atoms with Crippen LogP contribution in [0.3, 0.4) is 0 Å². The second-order valence-electron chi connectivity index (χ2n) is 9.89. The number of fused-ring (bicyclic) bond motifs is 2. The molecule has 2 aliphatic rings. The minimum Gasteiger partial charge on any atom is -0.387 e. The number of nitrogens with zero attached hydrogens (tertiary/aromatic N) is 3. The minimum absolute atomic E-state index is 0.0230. The molecule has 2 saturated heterocycles. The van der Waals surface area contributed by atoms with Crippen molar-refractivity contribution in [2.45, 2.75) is 38.5 Å². The lowest BCUT2D eigenvalue weighted by molar-refractivity contribution is -0.117. The Morgan fingerprint density at radius 1 is 0.750 bits per heavy atom. The number of hydrogen-bond donors (Lipinski definition) is 3. The van der Waals surface area contributed by atoms with Gasteiger partial charge in [0.15, 0.2) is 0 Å². The molecule has 2 aromatic carbocycles. The van der Waals surface area contributed by atoms with E-state index in [4.69, 9.17) is 4.98 Å². The number of carbonyl (C=O) groups is 2. The molecule has 8 heteroatoms. The van der Waals surface area contributed by atoms with Crippen LogP contribution in [-0.4, -0.2) is 72.9 Å². The average Bonchev–Trinajstić information content (AvgIpc) is 3.59. The van der Waals surface area contributed by atoms with E-state index in [9.17, 15) is 9.59 Å². The number of carbonyl (C=O) groups excluding carboxylic acids is 2. The fourth-order valence-corrected chi connectivity index (χ4v) is 5.35. The summed E-state index contributed by atoms with van der Waals surface area (Å²) in [5.41, 5.74) is 4.06. The molecule has 3 heterocycles. The van der Waals surface area contributed by atoms with Gasteiger partial charge in [-0.2, -0.15) is 0 Å². The molecule has 0 spiro atoms. The predicted octanol–water partition coefficient (Wildman–Crippen LogP) is 4.28. The fourth-order valence-electron chi connectivity index (χ4n) is 5.35. The molecule has 0 unspecified atom stereocenters. The van der Waals surface area contributed by atoms with Gasteiger partial charge in [0.05, 0.1) is 16.7 Å². The van der Waals surface area contributed by atoms with Crippen molar-refractivity contribution >= 4 is 50.7 Å². The van der Waals surface area contributed by atoms with Crippen LogP contribution in [0.5, 0.6) is 0 Å². The number of likely N-dealkylation sites (tertiary alicyclic amines) is 2.